The van der Waals surface area contributed by atoms with Crippen LogP contribution >= 0.6 is 0 Å². The van der Waals surface area contributed by atoms with Crippen LogP contribution in [0.2, 0.25) is 0 Å². The first-order valence-corrected chi connectivity index (χ1v) is 17.4. The van der Waals surface area contributed by atoms with Crippen molar-refractivity contribution in [3.63, 3.8) is 0 Å². The SMILES string of the molecule is C=C1[C@@H](OC(=O)C[C@@H](c2ccccc2)N(C)C)CC[C@@]2(C)[C@@H](OC(C)=O)[C@H](OC(C)=O)C3=C(C)[C@@H](OC(C)=O)C[C@@]3(C(C)(C)O)[C@@H](OC(C)=O)[C@H]12. The molecule has 0 unspecified atom stereocenters. The van der Waals surface area contributed by atoms with Crippen molar-refractivity contribution < 1.29 is 52.8 Å². The molecule has 12 heteroatoms. The molecule has 9 atom stereocenters. The molecule has 0 saturated heterocycles. The lowest BCUT2D eigenvalue weighted by atomic mass is 9.55. The fourth-order valence-corrected chi connectivity index (χ4v) is 8.93. The Morgan fingerprint density at radius 3 is 1.94 bits per heavy atom. The number of ether oxygens (including phenoxy) is 5. The summed E-state index contributed by atoms with van der Waals surface area (Å²) in [7, 11) is 3.77. The Morgan fingerprint density at radius 1 is 0.882 bits per heavy atom. The van der Waals surface area contributed by atoms with E-state index in [-0.39, 0.29) is 31.7 Å². The summed E-state index contributed by atoms with van der Waals surface area (Å²) in [5.41, 5.74) is -2.28. The Balaban J connectivity index is 1.93. The van der Waals surface area contributed by atoms with Gasteiger partial charge in [-0.1, -0.05) is 43.8 Å². The first kappa shape index (κ1) is 39.8. The number of hydrogen-bond acceptors (Lipinski definition) is 12. The summed E-state index contributed by atoms with van der Waals surface area (Å²) >= 11 is 0. The fourth-order valence-electron chi connectivity index (χ4n) is 8.93. The van der Waals surface area contributed by atoms with Crippen LogP contribution in [-0.4, -0.2) is 90.1 Å². The van der Waals surface area contributed by atoms with Gasteiger partial charge in [0, 0.05) is 51.5 Å². The van der Waals surface area contributed by atoms with Crippen molar-refractivity contribution in [2.24, 2.45) is 16.7 Å². The molecule has 1 N–H and O–H groups in total. The van der Waals surface area contributed by atoms with E-state index in [1.54, 1.807) is 20.8 Å². The Hall–Kier alpha value is -4.03. The van der Waals surface area contributed by atoms with Gasteiger partial charge in [-0.25, -0.2) is 0 Å². The second kappa shape index (κ2) is 14.9. The molecule has 1 aromatic carbocycles. The van der Waals surface area contributed by atoms with Crippen LogP contribution in [0.25, 0.3) is 0 Å². The summed E-state index contributed by atoms with van der Waals surface area (Å²) in [6.45, 7) is 16.1. The monoisotopic (exact) mass is 711 g/mol. The number of carbonyl (C=O) groups is 5. The van der Waals surface area contributed by atoms with Crippen LogP contribution in [0.4, 0.5) is 0 Å². The second-order valence-corrected chi connectivity index (χ2v) is 15.2. The van der Waals surface area contributed by atoms with Gasteiger partial charge in [0.25, 0.3) is 0 Å². The molecule has 0 bridgehead atoms. The number of rotatable bonds is 10. The van der Waals surface area contributed by atoms with Gasteiger partial charge in [0.05, 0.1) is 17.4 Å². The van der Waals surface area contributed by atoms with E-state index in [0.717, 1.165) is 5.56 Å². The first-order chi connectivity index (χ1) is 23.6. The number of nitrogens with zero attached hydrogens (tertiary/aromatic N) is 1. The second-order valence-electron chi connectivity index (χ2n) is 15.2. The van der Waals surface area contributed by atoms with Gasteiger partial charge < -0.3 is 33.7 Å². The Bertz CT molecular complexity index is 1580. The summed E-state index contributed by atoms with van der Waals surface area (Å²) in [6, 6.07) is 9.34. The van der Waals surface area contributed by atoms with Crippen LogP contribution in [0.3, 0.4) is 0 Å². The molecule has 0 heterocycles. The average molecular weight is 712 g/mol. The van der Waals surface area contributed by atoms with Crippen LogP contribution in [0.5, 0.6) is 0 Å². The molecule has 51 heavy (non-hydrogen) atoms. The molecular formula is C39H53NO11. The predicted octanol–water partition coefficient (Wildman–Crippen LogP) is 4.78. The third kappa shape index (κ3) is 7.62. The van der Waals surface area contributed by atoms with E-state index < -0.39 is 82.7 Å². The molecule has 3 aliphatic carbocycles. The zero-order valence-electron chi connectivity index (χ0n) is 31.4. The minimum Gasteiger partial charge on any atom is -0.461 e. The van der Waals surface area contributed by atoms with E-state index >= 15 is 0 Å². The molecule has 0 radical (unpaired) electrons. The number of benzene rings is 1. The number of hydrogen-bond donors (Lipinski definition) is 1. The lowest BCUT2D eigenvalue weighted by Gasteiger charge is -2.54. The summed E-state index contributed by atoms with van der Waals surface area (Å²) < 4.78 is 30.4. The predicted molar refractivity (Wildman–Crippen MR) is 186 cm³/mol. The molecule has 280 valence electrons. The van der Waals surface area contributed by atoms with E-state index in [1.165, 1.54) is 27.7 Å². The van der Waals surface area contributed by atoms with Crippen molar-refractivity contribution in [1.82, 2.24) is 4.90 Å². The van der Waals surface area contributed by atoms with Crippen molar-refractivity contribution >= 4 is 29.8 Å². The summed E-state index contributed by atoms with van der Waals surface area (Å²) in [5.74, 6) is -3.97. The number of aliphatic hydroxyl groups is 1. The van der Waals surface area contributed by atoms with Gasteiger partial charge in [0.1, 0.15) is 24.4 Å². The van der Waals surface area contributed by atoms with Gasteiger partial charge in [0.2, 0.25) is 0 Å². The lowest BCUT2D eigenvalue weighted by molar-refractivity contribution is -0.193. The first-order valence-electron chi connectivity index (χ1n) is 17.4. The molecule has 0 spiro atoms. The highest BCUT2D eigenvalue weighted by Gasteiger charge is 2.72. The van der Waals surface area contributed by atoms with Gasteiger partial charge in [-0.05, 0) is 70.0 Å². The molecule has 2 fully saturated rings. The van der Waals surface area contributed by atoms with E-state index in [9.17, 15) is 29.1 Å². The molecule has 3 aliphatic rings. The van der Waals surface area contributed by atoms with Gasteiger partial charge in [-0.15, -0.1) is 0 Å². The zero-order chi connectivity index (χ0) is 38.2. The van der Waals surface area contributed by atoms with Crippen molar-refractivity contribution in [2.75, 3.05) is 14.1 Å². The maximum Gasteiger partial charge on any atom is 0.308 e. The molecule has 12 nitrogen and oxygen atoms in total. The van der Waals surface area contributed by atoms with Crippen LogP contribution in [0.15, 0.2) is 53.6 Å². The largest absolute Gasteiger partial charge is 0.461 e. The topological polar surface area (TPSA) is 155 Å². The van der Waals surface area contributed by atoms with Crippen LogP contribution in [0, 0.1) is 16.7 Å². The quantitative estimate of drug-likeness (QED) is 0.202. The third-order valence-electron chi connectivity index (χ3n) is 11.1. The highest BCUT2D eigenvalue weighted by molar-refractivity contribution is 5.72. The fraction of sp³-hybridized carbons (Fsp3) is 0.615. The summed E-state index contributed by atoms with van der Waals surface area (Å²) in [6.07, 6.45) is -4.88. The Kier molecular flexibility index (Phi) is 11.6. The molecule has 4 rings (SSSR count). The standard InChI is InChI=1S/C39H53NO11/c1-21-29(51-31(45)19-28(40(10)11)27-15-13-12-14-16-27)17-18-38(9)33(21)35(49-25(5)43)39(37(7,8)46)20-30(47-23(3)41)22(2)32(39)34(48-24(4)42)36(38)50-26(6)44/h12-16,28-30,33-36,46H,1,17-20H2,2-11H3/t28-,29-,30-,33-,34+,35-,36-,38+,39-/m0/s1. The Morgan fingerprint density at radius 2 is 1.43 bits per heavy atom. The highest BCUT2D eigenvalue weighted by Crippen LogP contribution is 2.66. The molecule has 0 aromatic heterocycles. The zero-order valence-corrected chi connectivity index (χ0v) is 31.4. The number of esters is 5. The van der Waals surface area contributed by atoms with Gasteiger partial charge >= 0.3 is 29.8 Å². The molecule has 1 aromatic rings. The molecule has 0 aliphatic heterocycles. The third-order valence-corrected chi connectivity index (χ3v) is 11.1. The van der Waals surface area contributed by atoms with Gasteiger partial charge in [-0.2, -0.15) is 0 Å². The van der Waals surface area contributed by atoms with Crippen molar-refractivity contribution in [1.29, 1.82) is 0 Å². The number of carbonyl (C=O) groups excluding carboxylic acids is 5. The smallest absolute Gasteiger partial charge is 0.308 e. The maximum atomic E-state index is 13.7. The van der Waals surface area contributed by atoms with E-state index in [2.05, 4.69) is 6.58 Å². The highest BCUT2D eigenvalue weighted by atomic mass is 16.6. The molecule has 2 saturated carbocycles. The van der Waals surface area contributed by atoms with Crippen molar-refractivity contribution in [3.8, 4) is 0 Å². The van der Waals surface area contributed by atoms with E-state index in [0.29, 0.717) is 16.7 Å². The average Bonchev–Trinajstić information content (AvgIpc) is 3.27. The lowest BCUT2D eigenvalue weighted by Crippen LogP contribution is -2.60. The molecule has 0 amide bonds. The normalized spacial score (nSPS) is 31.1. The summed E-state index contributed by atoms with van der Waals surface area (Å²) in [5, 5.41) is 12.3. The maximum absolute atomic E-state index is 13.7. The minimum absolute atomic E-state index is 0.0461. The van der Waals surface area contributed by atoms with Crippen LogP contribution < -0.4 is 0 Å². The van der Waals surface area contributed by atoms with Crippen LogP contribution in [0.1, 0.15) is 92.7 Å². The summed E-state index contributed by atoms with van der Waals surface area (Å²) in [4.78, 5) is 66.9. The minimum atomic E-state index is -1.72. The number of fused-ring (bicyclic) bond motifs is 2. The van der Waals surface area contributed by atoms with E-state index in [4.69, 9.17) is 23.7 Å². The van der Waals surface area contributed by atoms with Gasteiger partial charge in [0.15, 0.2) is 6.10 Å². The molecular weight excluding hydrogens is 658 g/mol. The van der Waals surface area contributed by atoms with E-state index in [1.807, 2.05) is 56.3 Å². The van der Waals surface area contributed by atoms with Gasteiger partial charge in [-0.3, -0.25) is 24.0 Å². The Labute approximate surface area is 300 Å². The van der Waals surface area contributed by atoms with Crippen LogP contribution in [-0.2, 0) is 47.7 Å². The van der Waals surface area contributed by atoms with Crippen molar-refractivity contribution in [2.45, 2.75) is 123 Å². The van der Waals surface area contributed by atoms with Crippen molar-refractivity contribution in [3.05, 3.63) is 59.2 Å².